The van der Waals surface area contributed by atoms with Gasteiger partial charge in [-0.3, -0.25) is 4.79 Å². The maximum absolute atomic E-state index is 12.9. The van der Waals surface area contributed by atoms with Gasteiger partial charge in [0, 0.05) is 18.9 Å². The molecule has 0 aliphatic heterocycles. The molecule has 3 unspecified atom stereocenters. The van der Waals surface area contributed by atoms with Crippen LogP contribution in [0.15, 0.2) is 48.5 Å². The third-order valence-corrected chi connectivity index (χ3v) is 6.08. The number of aryl methyl sites for hydroxylation is 1. The second-order valence-corrected chi connectivity index (χ2v) is 10.2. The van der Waals surface area contributed by atoms with Gasteiger partial charge in [-0.1, -0.05) is 61.0 Å². The lowest BCUT2D eigenvalue weighted by Crippen LogP contribution is -2.44. The third kappa shape index (κ3) is 6.16. The summed E-state index contributed by atoms with van der Waals surface area (Å²) in [5, 5.41) is 15.4. The Morgan fingerprint density at radius 3 is 2.38 bits per heavy atom. The van der Waals surface area contributed by atoms with Crippen molar-refractivity contribution >= 4 is 18.0 Å². The third-order valence-electron chi connectivity index (χ3n) is 6.08. The smallest absolute Gasteiger partial charge is 0.407 e. The van der Waals surface area contributed by atoms with Crippen LogP contribution < -0.4 is 10.6 Å². The zero-order valence-corrected chi connectivity index (χ0v) is 20.5. The number of benzene rings is 2. The number of hydrogen-bond acceptors (Lipinski definition) is 4. The highest BCUT2D eigenvalue weighted by molar-refractivity contribution is 5.92. The van der Waals surface area contributed by atoms with Crippen LogP contribution in [0.4, 0.5) is 4.79 Å². The lowest BCUT2D eigenvalue weighted by molar-refractivity contribution is -0.143. The molecule has 0 spiro atoms. The Balaban J connectivity index is 1.64. The fourth-order valence-corrected chi connectivity index (χ4v) is 4.24. The fraction of sp³-hybridized carbons (Fsp3) is 0.444. The zero-order chi connectivity index (χ0) is 25.1. The number of aliphatic carboxylic acids is 1. The highest BCUT2D eigenvalue weighted by Gasteiger charge is 2.62. The van der Waals surface area contributed by atoms with Gasteiger partial charge in [0.05, 0.1) is 0 Å². The Kier molecular flexibility index (Phi) is 7.34. The number of amides is 2. The summed E-state index contributed by atoms with van der Waals surface area (Å²) in [4.78, 5) is 37.0. The minimum absolute atomic E-state index is 0.138. The van der Waals surface area contributed by atoms with Crippen LogP contribution in [-0.2, 0) is 20.9 Å². The lowest BCUT2D eigenvalue weighted by atomic mass is 9.92. The predicted octanol–water partition coefficient (Wildman–Crippen LogP) is 4.64. The van der Waals surface area contributed by atoms with Crippen LogP contribution in [0.5, 0.6) is 0 Å². The molecule has 1 aliphatic rings. The molecule has 2 aromatic rings. The molecule has 7 nitrogen and oxygen atoms in total. The average molecular weight is 467 g/mol. The van der Waals surface area contributed by atoms with E-state index in [9.17, 15) is 19.5 Å². The molecular formula is C27H34N2O5. The summed E-state index contributed by atoms with van der Waals surface area (Å²) in [7, 11) is 0. The van der Waals surface area contributed by atoms with Gasteiger partial charge < -0.3 is 20.5 Å². The second-order valence-electron chi connectivity index (χ2n) is 10.2. The van der Waals surface area contributed by atoms with E-state index in [1.165, 1.54) is 0 Å². The molecule has 2 amide bonds. The number of nitrogens with one attached hydrogen (secondary N) is 2. The van der Waals surface area contributed by atoms with Gasteiger partial charge in [0.15, 0.2) is 0 Å². The van der Waals surface area contributed by atoms with Crippen molar-refractivity contribution in [2.45, 2.75) is 77.0 Å². The molecule has 2 aromatic carbocycles. The SMILES string of the molecule is Cc1ccc(C2CC2(NC(=O)CC(C)c2ccccc2CNC(=O)OC(C)(C)C)C(=O)O)cc1. The van der Waals surface area contributed by atoms with Crippen LogP contribution in [-0.4, -0.2) is 34.2 Å². The molecule has 3 rings (SSSR count). The van der Waals surface area contributed by atoms with Crippen molar-refractivity contribution in [2.24, 2.45) is 0 Å². The summed E-state index contributed by atoms with van der Waals surface area (Å²) in [5.74, 6) is -1.73. The summed E-state index contributed by atoms with van der Waals surface area (Å²) < 4.78 is 5.29. The van der Waals surface area contributed by atoms with Crippen molar-refractivity contribution in [3.05, 3.63) is 70.8 Å². The second kappa shape index (κ2) is 9.87. The highest BCUT2D eigenvalue weighted by atomic mass is 16.6. The molecule has 0 bridgehead atoms. The van der Waals surface area contributed by atoms with E-state index in [2.05, 4.69) is 10.6 Å². The van der Waals surface area contributed by atoms with E-state index in [0.717, 1.165) is 22.3 Å². The normalized spacial score (nSPS) is 20.2. The first kappa shape index (κ1) is 25.3. The van der Waals surface area contributed by atoms with Crippen molar-refractivity contribution in [3.8, 4) is 0 Å². The van der Waals surface area contributed by atoms with E-state index >= 15 is 0 Å². The number of alkyl carbamates (subject to hydrolysis) is 1. The van der Waals surface area contributed by atoms with E-state index in [1.807, 2.05) is 62.4 Å². The number of ether oxygens (including phenoxy) is 1. The summed E-state index contributed by atoms with van der Waals surface area (Å²) in [5.41, 5.74) is 1.97. The van der Waals surface area contributed by atoms with Crippen LogP contribution in [0.3, 0.4) is 0 Å². The van der Waals surface area contributed by atoms with Gasteiger partial charge in [-0.2, -0.15) is 0 Å². The first-order valence-electron chi connectivity index (χ1n) is 11.6. The van der Waals surface area contributed by atoms with Crippen LogP contribution >= 0.6 is 0 Å². The number of carbonyl (C=O) groups is 3. The van der Waals surface area contributed by atoms with Crippen molar-refractivity contribution in [1.82, 2.24) is 10.6 Å². The van der Waals surface area contributed by atoms with E-state index in [-0.39, 0.29) is 30.7 Å². The van der Waals surface area contributed by atoms with Crippen LogP contribution in [0.1, 0.15) is 74.6 Å². The van der Waals surface area contributed by atoms with Crippen LogP contribution in [0.25, 0.3) is 0 Å². The van der Waals surface area contributed by atoms with Crippen LogP contribution in [0, 0.1) is 6.92 Å². The monoisotopic (exact) mass is 466 g/mol. The Morgan fingerprint density at radius 2 is 1.76 bits per heavy atom. The summed E-state index contributed by atoms with van der Waals surface area (Å²) in [6.07, 6.45) is 0.00746. The Labute approximate surface area is 200 Å². The maximum atomic E-state index is 12.9. The van der Waals surface area contributed by atoms with E-state index in [1.54, 1.807) is 20.8 Å². The van der Waals surface area contributed by atoms with Gasteiger partial charge in [-0.25, -0.2) is 9.59 Å². The first-order chi connectivity index (χ1) is 15.9. The molecule has 0 aromatic heterocycles. The molecule has 182 valence electrons. The van der Waals surface area contributed by atoms with Gasteiger partial charge in [-0.05, 0) is 56.7 Å². The first-order valence-corrected chi connectivity index (χ1v) is 11.6. The number of carboxylic acids is 1. The fourth-order valence-electron chi connectivity index (χ4n) is 4.24. The summed E-state index contributed by atoms with van der Waals surface area (Å²) >= 11 is 0. The zero-order valence-electron chi connectivity index (χ0n) is 20.5. The number of rotatable bonds is 8. The quantitative estimate of drug-likeness (QED) is 0.526. The Bertz CT molecular complexity index is 1060. The molecule has 0 heterocycles. The van der Waals surface area contributed by atoms with E-state index in [4.69, 9.17) is 4.74 Å². The van der Waals surface area contributed by atoms with Gasteiger partial charge in [0.2, 0.25) is 5.91 Å². The number of carboxylic acid groups (broad SMARTS) is 1. The van der Waals surface area contributed by atoms with Gasteiger partial charge in [-0.15, -0.1) is 0 Å². The number of carbonyl (C=O) groups excluding carboxylic acids is 2. The van der Waals surface area contributed by atoms with E-state index in [0.29, 0.717) is 6.42 Å². The van der Waals surface area contributed by atoms with E-state index < -0.39 is 23.2 Å². The van der Waals surface area contributed by atoms with Crippen LogP contribution in [0.2, 0.25) is 0 Å². The van der Waals surface area contributed by atoms with Gasteiger partial charge in [0.25, 0.3) is 0 Å². The molecule has 1 aliphatic carbocycles. The predicted molar refractivity (Wildman–Crippen MR) is 130 cm³/mol. The maximum Gasteiger partial charge on any atom is 0.407 e. The van der Waals surface area contributed by atoms with Crippen molar-refractivity contribution in [3.63, 3.8) is 0 Å². The molecular weight excluding hydrogens is 432 g/mol. The van der Waals surface area contributed by atoms with Gasteiger partial charge >= 0.3 is 12.1 Å². The standard InChI is InChI=1S/C27H34N2O5/c1-17-10-12-19(13-11-17)22-15-27(22,24(31)32)29-23(30)14-18(2)21-9-7-6-8-20(21)16-28-25(33)34-26(3,4)5/h6-13,18,22H,14-16H2,1-5H3,(H,28,33)(H,29,30)(H,31,32). The number of hydrogen-bond donors (Lipinski definition) is 3. The molecule has 0 radical (unpaired) electrons. The van der Waals surface area contributed by atoms with Crippen molar-refractivity contribution in [1.29, 1.82) is 0 Å². The lowest BCUT2D eigenvalue weighted by Gasteiger charge is -2.21. The molecule has 7 heteroatoms. The summed E-state index contributed by atoms with van der Waals surface area (Å²) in [6, 6.07) is 15.3. The minimum Gasteiger partial charge on any atom is -0.479 e. The Morgan fingerprint density at radius 1 is 1.12 bits per heavy atom. The largest absolute Gasteiger partial charge is 0.479 e. The van der Waals surface area contributed by atoms with Crippen molar-refractivity contribution < 1.29 is 24.2 Å². The molecule has 1 fully saturated rings. The molecule has 34 heavy (non-hydrogen) atoms. The molecule has 1 saturated carbocycles. The molecule has 3 atom stereocenters. The average Bonchev–Trinajstić information content (AvgIpc) is 3.47. The molecule has 0 saturated heterocycles. The van der Waals surface area contributed by atoms with Gasteiger partial charge in [0.1, 0.15) is 11.1 Å². The topological polar surface area (TPSA) is 105 Å². The highest BCUT2D eigenvalue weighted by Crippen LogP contribution is 2.51. The summed E-state index contributed by atoms with van der Waals surface area (Å²) in [6.45, 7) is 9.57. The molecule has 3 N–H and O–H groups in total. The Hall–Kier alpha value is -3.35. The minimum atomic E-state index is -1.26. The van der Waals surface area contributed by atoms with Crippen molar-refractivity contribution in [2.75, 3.05) is 0 Å².